The number of carbonyl (C=O) groups excluding carboxylic acids is 1. The van der Waals surface area contributed by atoms with Crippen molar-refractivity contribution in [2.45, 2.75) is 31.7 Å². The molecular weight excluding hydrogens is 344 g/mol. The van der Waals surface area contributed by atoms with Gasteiger partial charge in [-0.05, 0) is 17.5 Å². The maximum absolute atomic E-state index is 13.6. The maximum Gasteiger partial charge on any atom is 0.534 e. The molecule has 130 valence electrons. The number of ether oxygens (including phenoxy) is 1. The van der Waals surface area contributed by atoms with Gasteiger partial charge in [0, 0.05) is 11.6 Å². The number of hydrogen-bond donors (Lipinski definition) is 0. The van der Waals surface area contributed by atoms with Gasteiger partial charge in [-0.3, -0.25) is 4.79 Å². The smallest absolute Gasteiger partial charge is 0.469 e. The van der Waals surface area contributed by atoms with Crippen molar-refractivity contribution in [1.29, 1.82) is 0 Å². The molecule has 1 aromatic carbocycles. The van der Waals surface area contributed by atoms with Gasteiger partial charge in [0.2, 0.25) is 0 Å². The van der Waals surface area contributed by atoms with E-state index in [0.717, 1.165) is 13.2 Å². The molecule has 0 aromatic heterocycles. The second-order valence-corrected chi connectivity index (χ2v) is 6.40. The Balaban J connectivity index is 3.48. The number of hydrogen-bond acceptors (Lipinski definition) is 5. The molecule has 0 saturated carbocycles. The standard InChI is InChI=1S/C13H14F4O5S/c1-7(2)9-4-8(14)5-11(10(9)6-12(18)21-3)22-23(19,20)13(15,16)17/h4-5,7H,6H2,1-3H3. The highest BCUT2D eigenvalue weighted by Gasteiger charge is 2.49. The summed E-state index contributed by atoms with van der Waals surface area (Å²) in [5, 5.41) is 0. The molecule has 0 amide bonds. The molecule has 1 rings (SSSR count). The molecule has 5 nitrogen and oxygen atoms in total. The average Bonchev–Trinajstić information content (AvgIpc) is 2.39. The second kappa shape index (κ2) is 6.73. The van der Waals surface area contributed by atoms with Gasteiger partial charge in [0.25, 0.3) is 0 Å². The highest BCUT2D eigenvalue weighted by molar-refractivity contribution is 7.88. The first-order valence-electron chi connectivity index (χ1n) is 6.29. The summed E-state index contributed by atoms with van der Waals surface area (Å²) in [6.07, 6.45) is -0.562. The second-order valence-electron chi connectivity index (χ2n) is 4.86. The largest absolute Gasteiger partial charge is 0.534 e. The number of alkyl halides is 3. The Bertz CT molecular complexity index is 695. The molecule has 23 heavy (non-hydrogen) atoms. The summed E-state index contributed by atoms with van der Waals surface area (Å²) >= 11 is 0. The van der Waals surface area contributed by atoms with Gasteiger partial charge in [0.1, 0.15) is 11.6 Å². The van der Waals surface area contributed by atoms with Gasteiger partial charge >= 0.3 is 21.6 Å². The molecule has 0 aliphatic heterocycles. The Morgan fingerprint density at radius 2 is 1.83 bits per heavy atom. The number of esters is 1. The molecule has 10 heteroatoms. The average molecular weight is 358 g/mol. The van der Waals surface area contributed by atoms with Crippen molar-refractivity contribution in [3.63, 3.8) is 0 Å². The number of halogens is 4. The molecule has 0 spiro atoms. The van der Waals surface area contributed by atoms with Gasteiger partial charge in [-0.25, -0.2) is 4.39 Å². The van der Waals surface area contributed by atoms with Crippen molar-refractivity contribution < 1.29 is 39.7 Å². The fourth-order valence-corrected chi connectivity index (χ4v) is 2.27. The molecule has 0 saturated heterocycles. The summed E-state index contributed by atoms with van der Waals surface area (Å²) in [6, 6.07) is 1.48. The minimum atomic E-state index is -5.99. The van der Waals surface area contributed by atoms with Gasteiger partial charge in [0.15, 0.2) is 0 Å². The van der Waals surface area contributed by atoms with E-state index >= 15 is 0 Å². The Hall–Kier alpha value is -1.84. The zero-order valence-electron chi connectivity index (χ0n) is 12.4. The summed E-state index contributed by atoms with van der Waals surface area (Å²) < 4.78 is 81.6. The minimum absolute atomic E-state index is 0.141. The number of carbonyl (C=O) groups is 1. The minimum Gasteiger partial charge on any atom is -0.469 e. The number of rotatable bonds is 5. The molecule has 0 bridgehead atoms. The molecule has 0 fully saturated rings. The Morgan fingerprint density at radius 3 is 2.26 bits per heavy atom. The van der Waals surface area contributed by atoms with Crippen LogP contribution in [0.1, 0.15) is 30.9 Å². The zero-order valence-corrected chi connectivity index (χ0v) is 13.2. The van der Waals surface area contributed by atoms with Crippen LogP contribution < -0.4 is 4.18 Å². The summed E-state index contributed by atoms with van der Waals surface area (Å²) in [5.41, 5.74) is -5.72. The van der Waals surface area contributed by atoms with Crippen LogP contribution in [0.4, 0.5) is 17.6 Å². The molecule has 0 radical (unpaired) electrons. The topological polar surface area (TPSA) is 69.7 Å². The van der Waals surface area contributed by atoms with E-state index in [9.17, 15) is 30.8 Å². The van der Waals surface area contributed by atoms with Crippen LogP contribution >= 0.6 is 0 Å². The molecule has 0 unspecified atom stereocenters. The van der Waals surface area contributed by atoms with Crippen LogP contribution in [0.2, 0.25) is 0 Å². The van der Waals surface area contributed by atoms with Crippen molar-refractivity contribution >= 4 is 16.1 Å². The van der Waals surface area contributed by atoms with Crippen LogP contribution in [-0.2, 0) is 26.1 Å². The molecule has 0 heterocycles. The lowest BCUT2D eigenvalue weighted by Gasteiger charge is -2.18. The van der Waals surface area contributed by atoms with Crippen LogP contribution in [0, 0.1) is 5.82 Å². The first-order chi connectivity index (χ1) is 10.4. The number of methoxy groups -OCH3 is 1. The SMILES string of the molecule is COC(=O)Cc1c(OS(=O)(=O)C(F)(F)F)cc(F)cc1C(C)C. The molecule has 0 N–H and O–H groups in total. The van der Waals surface area contributed by atoms with Gasteiger partial charge in [0.05, 0.1) is 13.5 Å². The summed E-state index contributed by atoms with van der Waals surface area (Å²) in [6.45, 7) is 3.19. The van der Waals surface area contributed by atoms with Crippen LogP contribution in [0.25, 0.3) is 0 Å². The van der Waals surface area contributed by atoms with E-state index in [2.05, 4.69) is 8.92 Å². The van der Waals surface area contributed by atoms with Gasteiger partial charge in [-0.15, -0.1) is 0 Å². The molecule has 0 aliphatic rings. The van der Waals surface area contributed by atoms with E-state index in [1.807, 2.05) is 0 Å². The molecule has 0 atom stereocenters. The fraction of sp³-hybridized carbons (Fsp3) is 0.462. The van der Waals surface area contributed by atoms with Crippen molar-refractivity contribution in [3.05, 3.63) is 29.1 Å². The summed E-state index contributed by atoms with van der Waals surface area (Å²) in [5.74, 6) is -3.12. The van der Waals surface area contributed by atoms with E-state index in [1.54, 1.807) is 13.8 Å². The Morgan fingerprint density at radius 1 is 1.26 bits per heavy atom. The predicted molar refractivity (Wildman–Crippen MR) is 71.8 cm³/mol. The lowest BCUT2D eigenvalue weighted by Crippen LogP contribution is -2.28. The van der Waals surface area contributed by atoms with Crippen molar-refractivity contribution in [1.82, 2.24) is 0 Å². The quantitative estimate of drug-likeness (QED) is 0.350. The van der Waals surface area contributed by atoms with Gasteiger partial charge < -0.3 is 8.92 Å². The molecule has 0 aliphatic carbocycles. The Kier molecular flexibility index (Phi) is 5.62. The third-order valence-corrected chi connectivity index (χ3v) is 3.83. The summed E-state index contributed by atoms with van der Waals surface area (Å²) in [7, 11) is -4.94. The van der Waals surface area contributed by atoms with E-state index in [4.69, 9.17) is 0 Å². The first-order valence-corrected chi connectivity index (χ1v) is 7.69. The third-order valence-electron chi connectivity index (χ3n) is 2.86. The third kappa shape index (κ3) is 4.57. The predicted octanol–water partition coefficient (Wildman–Crippen LogP) is 2.89. The van der Waals surface area contributed by atoms with Crippen LogP contribution in [0.5, 0.6) is 5.75 Å². The maximum atomic E-state index is 13.6. The molecule has 1 aromatic rings. The van der Waals surface area contributed by atoms with Gasteiger partial charge in [-0.2, -0.15) is 21.6 Å². The van der Waals surface area contributed by atoms with E-state index in [-0.39, 0.29) is 11.1 Å². The Labute approximate surface area is 130 Å². The van der Waals surface area contributed by atoms with E-state index in [0.29, 0.717) is 6.07 Å². The lowest BCUT2D eigenvalue weighted by molar-refractivity contribution is -0.139. The fourth-order valence-electron chi connectivity index (χ4n) is 1.79. The van der Waals surface area contributed by atoms with Gasteiger partial charge in [-0.1, -0.05) is 13.8 Å². The zero-order chi connectivity index (χ0) is 18.0. The van der Waals surface area contributed by atoms with Crippen molar-refractivity contribution in [2.24, 2.45) is 0 Å². The van der Waals surface area contributed by atoms with Crippen molar-refractivity contribution in [2.75, 3.05) is 7.11 Å². The van der Waals surface area contributed by atoms with Crippen molar-refractivity contribution in [3.8, 4) is 5.75 Å². The van der Waals surface area contributed by atoms with Crippen LogP contribution in [0.3, 0.4) is 0 Å². The van der Waals surface area contributed by atoms with Crippen LogP contribution in [-0.4, -0.2) is 27.0 Å². The van der Waals surface area contributed by atoms with Crippen LogP contribution in [0.15, 0.2) is 12.1 Å². The monoisotopic (exact) mass is 358 g/mol. The highest BCUT2D eigenvalue weighted by atomic mass is 32.2. The van der Waals surface area contributed by atoms with E-state index < -0.39 is 45.5 Å². The highest BCUT2D eigenvalue weighted by Crippen LogP contribution is 2.34. The summed E-state index contributed by atoms with van der Waals surface area (Å²) in [4.78, 5) is 11.4. The lowest BCUT2D eigenvalue weighted by atomic mass is 9.94. The number of benzene rings is 1. The molecular formula is C13H14F4O5S. The first kappa shape index (κ1) is 19.2. The normalized spacial score (nSPS) is 12.3. The van der Waals surface area contributed by atoms with E-state index in [1.165, 1.54) is 0 Å².